The van der Waals surface area contributed by atoms with Gasteiger partial charge < -0.3 is 5.32 Å². The van der Waals surface area contributed by atoms with Crippen LogP contribution >= 0.6 is 0 Å². The molecule has 0 spiro atoms. The summed E-state index contributed by atoms with van der Waals surface area (Å²) < 4.78 is 13.9. The number of nitrogens with zero attached hydrogens (tertiary/aromatic N) is 2. The Morgan fingerprint density at radius 3 is 2.84 bits per heavy atom. The summed E-state index contributed by atoms with van der Waals surface area (Å²) in [7, 11) is 0. The Kier molecular flexibility index (Phi) is 4.44. The Labute approximate surface area is 112 Å². The van der Waals surface area contributed by atoms with Crippen molar-refractivity contribution >= 4 is 5.82 Å². The minimum Gasteiger partial charge on any atom is -0.367 e. The molecule has 1 N–H and O–H groups in total. The minimum absolute atomic E-state index is 0.291. The summed E-state index contributed by atoms with van der Waals surface area (Å²) in [4.78, 5) is 7.85. The molecule has 19 heavy (non-hydrogen) atoms. The molecule has 0 saturated heterocycles. The molecule has 0 fully saturated rings. The third kappa shape index (κ3) is 3.50. The summed E-state index contributed by atoms with van der Waals surface area (Å²) in [6.07, 6.45) is 2.81. The number of nitrogens with one attached hydrogen (secondary N) is 1. The van der Waals surface area contributed by atoms with Gasteiger partial charge in [-0.05, 0) is 25.3 Å². The molecule has 0 aliphatic heterocycles. The molecular weight excluding hydrogens is 241 g/mol. The first kappa shape index (κ1) is 13.5. The van der Waals surface area contributed by atoms with Crippen LogP contribution in [0.15, 0.2) is 30.6 Å². The van der Waals surface area contributed by atoms with Crippen LogP contribution in [0.1, 0.15) is 23.7 Å². The van der Waals surface area contributed by atoms with Crippen LogP contribution in [-0.2, 0) is 12.8 Å². The molecule has 0 amide bonds. The van der Waals surface area contributed by atoms with Crippen LogP contribution in [0.3, 0.4) is 0 Å². The standard InChI is InChI=1S/C15H18FN3/c1-3-13-14(16)15(19-10-18-13)17-8-7-12-6-4-5-11(2)9-12/h4-6,9-10H,3,7-8H2,1-2H3,(H,17,18,19). The summed E-state index contributed by atoms with van der Waals surface area (Å²) in [6.45, 7) is 4.59. The van der Waals surface area contributed by atoms with Gasteiger partial charge in [-0.3, -0.25) is 0 Å². The monoisotopic (exact) mass is 259 g/mol. The number of anilines is 1. The summed E-state index contributed by atoms with van der Waals surface area (Å²) >= 11 is 0. The van der Waals surface area contributed by atoms with Crippen molar-refractivity contribution in [3.8, 4) is 0 Å². The van der Waals surface area contributed by atoms with Crippen molar-refractivity contribution in [3.63, 3.8) is 0 Å². The molecular formula is C15H18FN3. The second-order valence-electron chi connectivity index (χ2n) is 4.50. The van der Waals surface area contributed by atoms with Gasteiger partial charge in [0.2, 0.25) is 0 Å². The zero-order chi connectivity index (χ0) is 13.7. The van der Waals surface area contributed by atoms with Crippen LogP contribution in [0.2, 0.25) is 0 Å². The lowest BCUT2D eigenvalue weighted by molar-refractivity contribution is 0.596. The van der Waals surface area contributed by atoms with Gasteiger partial charge in [0.05, 0.1) is 5.69 Å². The first-order chi connectivity index (χ1) is 9.20. The molecule has 2 rings (SSSR count). The van der Waals surface area contributed by atoms with E-state index in [-0.39, 0.29) is 5.82 Å². The van der Waals surface area contributed by atoms with Gasteiger partial charge in [-0.2, -0.15) is 0 Å². The fourth-order valence-corrected chi connectivity index (χ4v) is 1.97. The second-order valence-corrected chi connectivity index (χ2v) is 4.50. The number of aryl methyl sites for hydroxylation is 2. The minimum atomic E-state index is -0.339. The molecule has 0 bridgehead atoms. The van der Waals surface area contributed by atoms with Crippen LogP contribution in [0, 0.1) is 12.7 Å². The highest BCUT2D eigenvalue weighted by Crippen LogP contribution is 2.13. The first-order valence-corrected chi connectivity index (χ1v) is 6.49. The number of hydrogen-bond acceptors (Lipinski definition) is 3. The maximum Gasteiger partial charge on any atom is 0.186 e. The molecule has 1 aromatic carbocycles. The summed E-state index contributed by atoms with van der Waals surface area (Å²) in [5.41, 5.74) is 2.92. The Balaban J connectivity index is 1.96. The van der Waals surface area contributed by atoms with Crippen LogP contribution in [0.4, 0.5) is 10.2 Å². The Hall–Kier alpha value is -1.97. The molecule has 0 atom stereocenters. The quantitative estimate of drug-likeness (QED) is 0.896. The third-order valence-corrected chi connectivity index (χ3v) is 2.99. The number of aromatic nitrogens is 2. The van der Waals surface area contributed by atoms with Crippen molar-refractivity contribution in [3.05, 3.63) is 53.2 Å². The van der Waals surface area contributed by atoms with Gasteiger partial charge in [0.15, 0.2) is 11.6 Å². The number of rotatable bonds is 5. The Morgan fingerprint density at radius 2 is 2.11 bits per heavy atom. The lowest BCUT2D eigenvalue weighted by Gasteiger charge is -2.08. The predicted octanol–water partition coefficient (Wildman–Crippen LogP) is 3.14. The van der Waals surface area contributed by atoms with Gasteiger partial charge in [-0.25, -0.2) is 14.4 Å². The third-order valence-electron chi connectivity index (χ3n) is 2.99. The van der Waals surface area contributed by atoms with Gasteiger partial charge >= 0.3 is 0 Å². The largest absolute Gasteiger partial charge is 0.367 e. The van der Waals surface area contributed by atoms with Crippen molar-refractivity contribution in [1.82, 2.24) is 9.97 Å². The van der Waals surface area contributed by atoms with E-state index in [1.54, 1.807) is 0 Å². The summed E-state index contributed by atoms with van der Waals surface area (Å²) in [6, 6.07) is 8.30. The fraction of sp³-hybridized carbons (Fsp3) is 0.333. The lowest BCUT2D eigenvalue weighted by Crippen LogP contribution is -2.10. The topological polar surface area (TPSA) is 37.8 Å². The van der Waals surface area contributed by atoms with Crippen LogP contribution in [0.5, 0.6) is 0 Å². The van der Waals surface area contributed by atoms with Crippen molar-refractivity contribution < 1.29 is 4.39 Å². The smallest absolute Gasteiger partial charge is 0.186 e. The molecule has 0 unspecified atom stereocenters. The number of hydrogen-bond donors (Lipinski definition) is 1. The SMILES string of the molecule is CCc1ncnc(NCCc2cccc(C)c2)c1F. The van der Waals surface area contributed by atoms with E-state index < -0.39 is 0 Å². The van der Waals surface area contributed by atoms with E-state index in [0.29, 0.717) is 24.5 Å². The van der Waals surface area contributed by atoms with Crippen LogP contribution in [0.25, 0.3) is 0 Å². The van der Waals surface area contributed by atoms with Gasteiger partial charge in [0.1, 0.15) is 6.33 Å². The fourth-order valence-electron chi connectivity index (χ4n) is 1.97. The highest BCUT2D eigenvalue weighted by atomic mass is 19.1. The molecule has 1 heterocycles. The van der Waals surface area contributed by atoms with Crippen molar-refractivity contribution in [2.24, 2.45) is 0 Å². The lowest BCUT2D eigenvalue weighted by atomic mass is 10.1. The normalized spacial score (nSPS) is 10.5. The molecule has 1 aromatic heterocycles. The van der Waals surface area contributed by atoms with Gasteiger partial charge in [-0.1, -0.05) is 36.8 Å². The van der Waals surface area contributed by atoms with E-state index in [1.165, 1.54) is 17.5 Å². The van der Waals surface area contributed by atoms with E-state index in [2.05, 4.69) is 40.4 Å². The van der Waals surface area contributed by atoms with E-state index in [1.807, 2.05) is 13.0 Å². The average molecular weight is 259 g/mol. The number of benzene rings is 1. The van der Waals surface area contributed by atoms with Crippen LogP contribution < -0.4 is 5.32 Å². The molecule has 0 saturated carbocycles. The van der Waals surface area contributed by atoms with E-state index in [4.69, 9.17) is 0 Å². The predicted molar refractivity (Wildman–Crippen MR) is 74.7 cm³/mol. The summed E-state index contributed by atoms with van der Waals surface area (Å²) in [5, 5.41) is 3.03. The second kappa shape index (κ2) is 6.27. The maximum absolute atomic E-state index is 13.9. The molecule has 0 aliphatic rings. The van der Waals surface area contributed by atoms with E-state index >= 15 is 0 Å². The Bertz CT molecular complexity index is 555. The summed E-state index contributed by atoms with van der Waals surface area (Å²) in [5.74, 6) is -0.0475. The van der Waals surface area contributed by atoms with Crippen molar-refractivity contribution in [2.75, 3.05) is 11.9 Å². The zero-order valence-electron chi connectivity index (χ0n) is 11.3. The number of halogens is 1. The van der Waals surface area contributed by atoms with Gasteiger partial charge in [0.25, 0.3) is 0 Å². The first-order valence-electron chi connectivity index (χ1n) is 6.49. The highest BCUT2D eigenvalue weighted by Gasteiger charge is 2.08. The molecule has 100 valence electrons. The van der Waals surface area contributed by atoms with Gasteiger partial charge in [0, 0.05) is 6.54 Å². The van der Waals surface area contributed by atoms with E-state index in [0.717, 1.165) is 6.42 Å². The highest BCUT2D eigenvalue weighted by molar-refractivity contribution is 5.37. The average Bonchev–Trinajstić information content (AvgIpc) is 2.41. The maximum atomic E-state index is 13.9. The molecule has 0 radical (unpaired) electrons. The molecule has 3 nitrogen and oxygen atoms in total. The van der Waals surface area contributed by atoms with Gasteiger partial charge in [-0.15, -0.1) is 0 Å². The van der Waals surface area contributed by atoms with Crippen molar-refractivity contribution in [2.45, 2.75) is 26.7 Å². The van der Waals surface area contributed by atoms with E-state index in [9.17, 15) is 4.39 Å². The molecule has 4 heteroatoms. The zero-order valence-corrected chi connectivity index (χ0v) is 11.3. The molecule has 0 aliphatic carbocycles. The Morgan fingerprint density at radius 1 is 1.26 bits per heavy atom. The van der Waals surface area contributed by atoms with Crippen molar-refractivity contribution in [1.29, 1.82) is 0 Å². The molecule has 2 aromatic rings. The van der Waals surface area contributed by atoms with Crippen LogP contribution in [-0.4, -0.2) is 16.5 Å².